The van der Waals surface area contributed by atoms with Crippen molar-refractivity contribution in [2.45, 2.75) is 32.2 Å². The minimum absolute atomic E-state index is 0.453. The summed E-state index contributed by atoms with van der Waals surface area (Å²) in [6, 6.07) is 7.27. The number of carboxylic acids is 1. The Hall–Kier alpha value is -2.30. The molecule has 1 aliphatic rings. The molecule has 22 heavy (non-hydrogen) atoms. The van der Waals surface area contributed by atoms with Gasteiger partial charge in [-0.1, -0.05) is 19.1 Å². The fourth-order valence-corrected chi connectivity index (χ4v) is 3.03. The molecule has 1 saturated heterocycles. The number of anilines is 1. The first-order valence-corrected chi connectivity index (χ1v) is 7.72. The van der Waals surface area contributed by atoms with Gasteiger partial charge in [-0.05, 0) is 31.4 Å². The van der Waals surface area contributed by atoms with E-state index in [1.54, 1.807) is 6.20 Å². The van der Waals surface area contributed by atoms with Gasteiger partial charge in [0.05, 0.1) is 6.61 Å². The Morgan fingerprint density at radius 1 is 1.45 bits per heavy atom. The summed E-state index contributed by atoms with van der Waals surface area (Å²) in [5, 5.41) is 10.4. The van der Waals surface area contributed by atoms with E-state index in [1.165, 1.54) is 0 Å². The third-order valence-corrected chi connectivity index (χ3v) is 4.02. The Bertz CT molecular complexity index is 687. The molecule has 0 bridgehead atoms. The van der Waals surface area contributed by atoms with Crippen LogP contribution in [0.25, 0.3) is 10.9 Å². The summed E-state index contributed by atoms with van der Waals surface area (Å²) in [5.41, 5.74) is 1.72. The topological polar surface area (TPSA) is 62.7 Å². The van der Waals surface area contributed by atoms with Gasteiger partial charge >= 0.3 is 5.97 Å². The number of nitrogens with zero attached hydrogens (tertiary/aromatic N) is 2. The maximum atomic E-state index is 11.4. The van der Waals surface area contributed by atoms with Crippen molar-refractivity contribution in [2.24, 2.45) is 0 Å². The lowest BCUT2D eigenvalue weighted by Crippen LogP contribution is -2.36. The van der Waals surface area contributed by atoms with Crippen molar-refractivity contribution >= 4 is 22.6 Å². The number of fused-ring (bicyclic) bond motifs is 1. The zero-order valence-electron chi connectivity index (χ0n) is 12.7. The van der Waals surface area contributed by atoms with Crippen LogP contribution in [0.1, 0.15) is 26.2 Å². The van der Waals surface area contributed by atoms with Crippen LogP contribution in [0.3, 0.4) is 0 Å². The van der Waals surface area contributed by atoms with E-state index in [9.17, 15) is 9.90 Å². The predicted molar refractivity (Wildman–Crippen MR) is 85.5 cm³/mol. The molecule has 1 N–H and O–H groups in total. The minimum Gasteiger partial charge on any atom is -0.491 e. The van der Waals surface area contributed by atoms with E-state index >= 15 is 0 Å². The van der Waals surface area contributed by atoms with Crippen molar-refractivity contribution in [1.82, 2.24) is 4.98 Å². The Morgan fingerprint density at radius 2 is 2.32 bits per heavy atom. The van der Waals surface area contributed by atoms with Crippen LogP contribution in [-0.2, 0) is 4.79 Å². The van der Waals surface area contributed by atoms with Gasteiger partial charge in [-0.3, -0.25) is 4.98 Å². The van der Waals surface area contributed by atoms with Gasteiger partial charge < -0.3 is 14.7 Å². The molecule has 0 spiro atoms. The number of ether oxygens (including phenoxy) is 1. The quantitative estimate of drug-likeness (QED) is 0.919. The van der Waals surface area contributed by atoms with Gasteiger partial charge in [-0.25, -0.2) is 4.79 Å². The smallest absolute Gasteiger partial charge is 0.326 e. The van der Waals surface area contributed by atoms with Crippen LogP contribution in [0.5, 0.6) is 5.75 Å². The third kappa shape index (κ3) is 2.58. The molecule has 1 aromatic heterocycles. The number of carbonyl (C=O) groups is 1. The van der Waals surface area contributed by atoms with Gasteiger partial charge in [0.2, 0.25) is 0 Å². The molecule has 0 amide bonds. The second kappa shape index (κ2) is 6.22. The Labute approximate surface area is 129 Å². The zero-order chi connectivity index (χ0) is 15.5. The molecule has 116 valence electrons. The molecule has 1 aliphatic heterocycles. The molecule has 1 fully saturated rings. The SMILES string of the molecule is CCCOc1cccc2c(N3CCC[C@H]3C(=O)O)ccnc12. The summed E-state index contributed by atoms with van der Waals surface area (Å²) < 4.78 is 5.76. The first kappa shape index (κ1) is 14.6. The van der Waals surface area contributed by atoms with E-state index in [4.69, 9.17) is 4.74 Å². The normalized spacial score (nSPS) is 17.9. The van der Waals surface area contributed by atoms with E-state index in [1.807, 2.05) is 29.2 Å². The number of carboxylic acid groups (broad SMARTS) is 1. The van der Waals surface area contributed by atoms with Crippen LogP contribution in [0, 0.1) is 0 Å². The molecule has 5 heteroatoms. The number of pyridine rings is 1. The summed E-state index contributed by atoms with van der Waals surface area (Å²) in [6.45, 7) is 3.47. The Morgan fingerprint density at radius 3 is 3.09 bits per heavy atom. The molecular weight excluding hydrogens is 280 g/mol. The number of aromatic nitrogens is 1. The van der Waals surface area contributed by atoms with Crippen LogP contribution in [0.4, 0.5) is 5.69 Å². The number of benzene rings is 1. The molecule has 0 radical (unpaired) electrons. The van der Waals surface area contributed by atoms with Gasteiger partial charge in [-0.2, -0.15) is 0 Å². The van der Waals surface area contributed by atoms with E-state index in [0.717, 1.165) is 41.7 Å². The first-order chi connectivity index (χ1) is 10.7. The average molecular weight is 300 g/mol. The van der Waals surface area contributed by atoms with Crippen LogP contribution in [0.2, 0.25) is 0 Å². The fourth-order valence-electron chi connectivity index (χ4n) is 3.03. The summed E-state index contributed by atoms with van der Waals surface area (Å²) in [6.07, 6.45) is 4.25. The van der Waals surface area contributed by atoms with Crippen molar-refractivity contribution in [2.75, 3.05) is 18.1 Å². The van der Waals surface area contributed by atoms with Crippen molar-refractivity contribution in [1.29, 1.82) is 0 Å². The summed E-state index contributed by atoms with van der Waals surface area (Å²) in [4.78, 5) is 17.9. The van der Waals surface area contributed by atoms with Gasteiger partial charge in [0.25, 0.3) is 0 Å². The number of hydrogen-bond donors (Lipinski definition) is 1. The van der Waals surface area contributed by atoms with Crippen molar-refractivity contribution in [3.8, 4) is 5.75 Å². The molecular formula is C17H20N2O3. The lowest BCUT2D eigenvalue weighted by atomic mass is 10.1. The largest absolute Gasteiger partial charge is 0.491 e. The molecule has 1 atom stereocenters. The number of hydrogen-bond acceptors (Lipinski definition) is 4. The lowest BCUT2D eigenvalue weighted by Gasteiger charge is -2.25. The maximum Gasteiger partial charge on any atom is 0.326 e. The highest BCUT2D eigenvalue weighted by Gasteiger charge is 2.31. The van der Waals surface area contributed by atoms with Crippen LogP contribution >= 0.6 is 0 Å². The number of rotatable bonds is 5. The van der Waals surface area contributed by atoms with Crippen LogP contribution < -0.4 is 9.64 Å². The second-order valence-electron chi connectivity index (χ2n) is 5.52. The molecule has 2 heterocycles. The van der Waals surface area contributed by atoms with E-state index in [2.05, 4.69) is 11.9 Å². The average Bonchev–Trinajstić information content (AvgIpc) is 3.02. The first-order valence-electron chi connectivity index (χ1n) is 7.72. The Balaban J connectivity index is 2.05. The Kier molecular flexibility index (Phi) is 4.13. The van der Waals surface area contributed by atoms with Crippen molar-refractivity contribution < 1.29 is 14.6 Å². The summed E-state index contributed by atoms with van der Waals surface area (Å²) >= 11 is 0. The third-order valence-electron chi connectivity index (χ3n) is 4.02. The maximum absolute atomic E-state index is 11.4. The highest BCUT2D eigenvalue weighted by Crippen LogP contribution is 2.34. The fraction of sp³-hybridized carbons (Fsp3) is 0.412. The predicted octanol–water partition coefficient (Wildman–Crippen LogP) is 3.08. The van der Waals surface area contributed by atoms with E-state index in [0.29, 0.717) is 13.0 Å². The number of para-hydroxylation sites is 1. The highest BCUT2D eigenvalue weighted by atomic mass is 16.5. The van der Waals surface area contributed by atoms with E-state index < -0.39 is 12.0 Å². The van der Waals surface area contributed by atoms with Gasteiger partial charge in [0, 0.05) is 23.8 Å². The second-order valence-corrected chi connectivity index (χ2v) is 5.52. The van der Waals surface area contributed by atoms with Gasteiger partial charge in [0.1, 0.15) is 17.3 Å². The van der Waals surface area contributed by atoms with E-state index in [-0.39, 0.29) is 0 Å². The molecule has 3 rings (SSSR count). The standard InChI is InChI=1S/C17H20N2O3/c1-2-11-22-15-7-3-5-12-13(8-9-18-16(12)15)19-10-4-6-14(19)17(20)21/h3,5,7-9,14H,2,4,6,10-11H2,1H3,(H,20,21)/t14-/m0/s1. The molecule has 1 aromatic carbocycles. The van der Waals surface area contributed by atoms with Gasteiger partial charge in [0.15, 0.2) is 0 Å². The molecule has 0 saturated carbocycles. The monoisotopic (exact) mass is 300 g/mol. The minimum atomic E-state index is -0.763. The van der Waals surface area contributed by atoms with Gasteiger partial charge in [-0.15, -0.1) is 0 Å². The summed E-state index contributed by atoms with van der Waals surface area (Å²) in [7, 11) is 0. The zero-order valence-corrected chi connectivity index (χ0v) is 12.7. The van der Waals surface area contributed by atoms with Crippen molar-refractivity contribution in [3.05, 3.63) is 30.5 Å². The summed E-state index contributed by atoms with van der Waals surface area (Å²) in [5.74, 6) is -0.00637. The highest BCUT2D eigenvalue weighted by molar-refractivity contribution is 5.96. The molecule has 0 aliphatic carbocycles. The molecule has 5 nitrogen and oxygen atoms in total. The molecule has 2 aromatic rings. The van der Waals surface area contributed by atoms with Crippen LogP contribution in [0.15, 0.2) is 30.5 Å². The number of aliphatic carboxylic acids is 1. The lowest BCUT2D eigenvalue weighted by molar-refractivity contribution is -0.138. The van der Waals surface area contributed by atoms with Crippen LogP contribution in [-0.4, -0.2) is 35.3 Å². The molecule has 0 unspecified atom stereocenters. The van der Waals surface area contributed by atoms with Crippen molar-refractivity contribution in [3.63, 3.8) is 0 Å².